The van der Waals surface area contributed by atoms with Gasteiger partial charge in [0.05, 0.1) is 22.4 Å². The van der Waals surface area contributed by atoms with Crippen LogP contribution in [-0.2, 0) is 19.4 Å². The molecule has 1 aromatic carbocycles. The second-order valence-corrected chi connectivity index (χ2v) is 10.7. The molecular weight excluding hydrogens is 360 g/mol. The van der Waals surface area contributed by atoms with Crippen LogP contribution >= 0.6 is 0 Å². The van der Waals surface area contributed by atoms with Crippen molar-refractivity contribution in [2.45, 2.75) is 76.4 Å². The SMILES string of the molecule is CC[C@]12CCC(=O)C(CS(=O)(=O)c3ccccc3)=C1CC[C@@H]2OC(C)(C)C. The van der Waals surface area contributed by atoms with E-state index in [2.05, 4.69) is 6.92 Å². The predicted octanol–water partition coefficient (Wildman–Crippen LogP) is 4.49. The van der Waals surface area contributed by atoms with Gasteiger partial charge >= 0.3 is 0 Å². The number of hydrogen-bond donors (Lipinski definition) is 0. The Bertz CT molecular complexity index is 846. The minimum atomic E-state index is -3.54. The number of ether oxygens (including phenoxy) is 1. The minimum Gasteiger partial charge on any atom is -0.372 e. The highest BCUT2D eigenvalue weighted by Gasteiger charge is 2.51. The molecule has 2 atom stereocenters. The van der Waals surface area contributed by atoms with Crippen molar-refractivity contribution >= 4 is 15.6 Å². The lowest BCUT2D eigenvalue weighted by Crippen LogP contribution is -2.41. The van der Waals surface area contributed by atoms with Crippen molar-refractivity contribution in [2.75, 3.05) is 5.75 Å². The van der Waals surface area contributed by atoms with E-state index >= 15 is 0 Å². The lowest BCUT2D eigenvalue weighted by Gasteiger charge is -2.42. The molecule has 2 aliphatic rings. The van der Waals surface area contributed by atoms with Crippen molar-refractivity contribution in [1.82, 2.24) is 0 Å². The second kappa shape index (κ2) is 7.17. The lowest BCUT2D eigenvalue weighted by molar-refractivity contribution is -0.121. The van der Waals surface area contributed by atoms with Crippen LogP contribution in [-0.4, -0.2) is 31.7 Å². The second-order valence-electron chi connectivity index (χ2n) is 8.72. The van der Waals surface area contributed by atoms with Crippen LogP contribution in [0.15, 0.2) is 46.4 Å². The number of Topliss-reactive ketones (excluding diaryl/α,β-unsaturated/α-hetero) is 1. The average molecular weight is 391 g/mol. The van der Waals surface area contributed by atoms with E-state index in [1.165, 1.54) is 0 Å². The zero-order valence-electron chi connectivity index (χ0n) is 16.7. The molecule has 0 spiro atoms. The van der Waals surface area contributed by atoms with E-state index in [-0.39, 0.29) is 33.6 Å². The van der Waals surface area contributed by atoms with Crippen LogP contribution in [0.2, 0.25) is 0 Å². The van der Waals surface area contributed by atoms with Gasteiger partial charge in [0.1, 0.15) is 0 Å². The number of sulfone groups is 1. The first kappa shape index (κ1) is 20.3. The smallest absolute Gasteiger partial charge is 0.182 e. The molecule has 4 nitrogen and oxygen atoms in total. The third-order valence-electron chi connectivity index (χ3n) is 5.94. The van der Waals surface area contributed by atoms with E-state index in [0.29, 0.717) is 12.0 Å². The van der Waals surface area contributed by atoms with Crippen LogP contribution in [0, 0.1) is 5.41 Å². The molecule has 0 heterocycles. The first-order valence-electron chi connectivity index (χ1n) is 9.80. The molecule has 0 bridgehead atoms. The molecule has 0 N–H and O–H groups in total. The third kappa shape index (κ3) is 3.90. The Labute approximate surface area is 162 Å². The fourth-order valence-electron chi connectivity index (χ4n) is 4.70. The normalized spacial score (nSPS) is 26.4. The largest absolute Gasteiger partial charge is 0.372 e. The summed E-state index contributed by atoms with van der Waals surface area (Å²) in [7, 11) is -3.54. The summed E-state index contributed by atoms with van der Waals surface area (Å²) in [5.74, 6) is -0.209. The van der Waals surface area contributed by atoms with Crippen LogP contribution < -0.4 is 0 Å². The van der Waals surface area contributed by atoms with Crippen LogP contribution in [0.25, 0.3) is 0 Å². The van der Waals surface area contributed by atoms with Gasteiger partial charge in [-0.05, 0) is 58.6 Å². The van der Waals surface area contributed by atoms with E-state index in [9.17, 15) is 13.2 Å². The van der Waals surface area contributed by atoms with Crippen molar-refractivity contribution in [3.63, 3.8) is 0 Å². The summed E-state index contributed by atoms with van der Waals surface area (Å²) in [4.78, 5) is 13.0. The number of carbonyl (C=O) groups excluding carboxylic acids is 1. The topological polar surface area (TPSA) is 60.4 Å². The first-order valence-corrected chi connectivity index (χ1v) is 11.5. The van der Waals surface area contributed by atoms with E-state index in [1.54, 1.807) is 30.3 Å². The monoisotopic (exact) mass is 390 g/mol. The van der Waals surface area contributed by atoms with E-state index < -0.39 is 9.84 Å². The molecule has 2 aliphatic carbocycles. The van der Waals surface area contributed by atoms with E-state index in [4.69, 9.17) is 4.74 Å². The van der Waals surface area contributed by atoms with Crippen LogP contribution in [0.1, 0.15) is 59.8 Å². The maximum atomic E-state index is 12.9. The maximum absolute atomic E-state index is 12.9. The van der Waals surface area contributed by atoms with Crippen molar-refractivity contribution in [3.8, 4) is 0 Å². The van der Waals surface area contributed by atoms with Crippen molar-refractivity contribution in [2.24, 2.45) is 5.41 Å². The molecule has 0 aliphatic heterocycles. The summed E-state index contributed by atoms with van der Waals surface area (Å²) < 4.78 is 32.2. The summed E-state index contributed by atoms with van der Waals surface area (Å²) in [6.45, 7) is 8.27. The molecule has 0 amide bonds. The number of ketones is 1. The highest BCUT2D eigenvalue weighted by atomic mass is 32.2. The van der Waals surface area contributed by atoms with Gasteiger partial charge < -0.3 is 4.74 Å². The van der Waals surface area contributed by atoms with Gasteiger partial charge in [-0.1, -0.05) is 30.7 Å². The molecule has 148 valence electrons. The fourth-order valence-corrected chi connectivity index (χ4v) is 6.15. The Balaban J connectivity index is 2.01. The molecule has 5 heteroatoms. The molecular formula is C22H30O4S. The average Bonchev–Trinajstić information content (AvgIpc) is 2.95. The van der Waals surface area contributed by atoms with Gasteiger partial charge in [-0.3, -0.25) is 4.79 Å². The maximum Gasteiger partial charge on any atom is 0.182 e. The summed E-state index contributed by atoms with van der Waals surface area (Å²) in [6, 6.07) is 8.42. The molecule has 1 saturated carbocycles. The zero-order chi connectivity index (χ0) is 19.9. The van der Waals surface area contributed by atoms with Gasteiger partial charge in [-0.2, -0.15) is 0 Å². The van der Waals surface area contributed by atoms with Gasteiger partial charge in [0.15, 0.2) is 15.6 Å². The zero-order valence-corrected chi connectivity index (χ0v) is 17.6. The van der Waals surface area contributed by atoms with Crippen LogP contribution in [0.4, 0.5) is 0 Å². The van der Waals surface area contributed by atoms with Gasteiger partial charge in [-0.15, -0.1) is 0 Å². The number of benzene rings is 1. The van der Waals surface area contributed by atoms with Gasteiger partial charge in [0, 0.05) is 17.4 Å². The van der Waals surface area contributed by atoms with Crippen LogP contribution in [0.3, 0.4) is 0 Å². The van der Waals surface area contributed by atoms with Gasteiger partial charge in [0.2, 0.25) is 0 Å². The van der Waals surface area contributed by atoms with Gasteiger partial charge in [-0.25, -0.2) is 8.42 Å². The van der Waals surface area contributed by atoms with Crippen LogP contribution in [0.5, 0.6) is 0 Å². The van der Waals surface area contributed by atoms with E-state index in [0.717, 1.165) is 31.3 Å². The number of hydrogen-bond acceptors (Lipinski definition) is 4. The van der Waals surface area contributed by atoms with Gasteiger partial charge in [0.25, 0.3) is 0 Å². The Kier molecular flexibility index (Phi) is 5.39. The lowest BCUT2D eigenvalue weighted by atomic mass is 9.68. The molecule has 1 fully saturated rings. The molecule has 0 radical (unpaired) electrons. The summed E-state index contributed by atoms with van der Waals surface area (Å²) in [5, 5.41) is 0. The molecule has 3 rings (SSSR count). The third-order valence-corrected chi connectivity index (χ3v) is 7.60. The highest BCUT2D eigenvalue weighted by Crippen LogP contribution is 2.55. The Morgan fingerprint density at radius 1 is 1.15 bits per heavy atom. The van der Waals surface area contributed by atoms with Crippen molar-refractivity contribution < 1.29 is 17.9 Å². The van der Waals surface area contributed by atoms with E-state index in [1.807, 2.05) is 20.8 Å². The number of carbonyl (C=O) groups is 1. The fraction of sp³-hybridized carbons (Fsp3) is 0.591. The Hall–Kier alpha value is -1.46. The standard InChI is InChI=1S/C22H30O4S/c1-5-22-14-13-19(23)17(15-27(24,25)16-9-7-6-8-10-16)18(22)11-12-20(22)26-21(2,3)4/h6-10,20H,5,11-15H2,1-4H3/t20-,22-/m0/s1. The molecule has 1 aromatic rings. The number of rotatable bonds is 5. The summed E-state index contributed by atoms with van der Waals surface area (Å²) >= 11 is 0. The minimum absolute atomic E-state index is 0.00927. The summed E-state index contributed by atoms with van der Waals surface area (Å²) in [6.07, 6.45) is 3.67. The molecule has 27 heavy (non-hydrogen) atoms. The quantitative estimate of drug-likeness (QED) is 0.743. The molecule has 0 unspecified atom stereocenters. The molecule has 0 saturated heterocycles. The highest BCUT2D eigenvalue weighted by molar-refractivity contribution is 7.91. The molecule has 0 aromatic heterocycles. The predicted molar refractivity (Wildman–Crippen MR) is 106 cm³/mol. The summed E-state index contributed by atoms with van der Waals surface area (Å²) in [5.41, 5.74) is 1.09. The van der Waals surface area contributed by atoms with Crippen molar-refractivity contribution in [3.05, 3.63) is 41.5 Å². The number of fused-ring (bicyclic) bond motifs is 1. The van der Waals surface area contributed by atoms with Crippen molar-refractivity contribution in [1.29, 1.82) is 0 Å². The Morgan fingerprint density at radius 2 is 1.81 bits per heavy atom. The Morgan fingerprint density at radius 3 is 2.41 bits per heavy atom. The first-order chi connectivity index (χ1) is 12.6.